The topological polar surface area (TPSA) is 138 Å². The fraction of sp³-hybridized carbons (Fsp3) is 0.0357. The van der Waals surface area contributed by atoms with Crippen molar-refractivity contribution in [1.82, 2.24) is 5.43 Å². The van der Waals surface area contributed by atoms with E-state index in [1.54, 1.807) is 84.9 Å². The van der Waals surface area contributed by atoms with Crippen molar-refractivity contribution in [2.75, 3.05) is 0 Å². The molecule has 0 unspecified atom stereocenters. The van der Waals surface area contributed by atoms with Crippen LogP contribution in [0.3, 0.4) is 0 Å². The Morgan fingerprint density at radius 2 is 1.57 bits per heavy atom. The summed E-state index contributed by atoms with van der Waals surface area (Å²) in [6.07, 6.45) is 1.41. The molecule has 0 aliphatic heterocycles. The molecule has 4 aromatic rings. The van der Waals surface area contributed by atoms with E-state index < -0.39 is 16.4 Å². The van der Waals surface area contributed by atoms with Crippen molar-refractivity contribution in [3.63, 3.8) is 0 Å². The van der Waals surface area contributed by atoms with Gasteiger partial charge in [-0.15, -0.1) is 0 Å². The first-order chi connectivity index (χ1) is 17.9. The molecule has 0 aromatic heterocycles. The second kappa shape index (κ2) is 10.9. The molecule has 9 nitrogen and oxygen atoms in total. The van der Waals surface area contributed by atoms with Crippen LogP contribution in [-0.4, -0.2) is 22.2 Å². The highest BCUT2D eigenvalue weighted by molar-refractivity contribution is 5.91. The van der Waals surface area contributed by atoms with Crippen molar-refractivity contribution < 1.29 is 19.6 Å². The lowest BCUT2D eigenvalue weighted by Crippen LogP contribution is -2.43. The summed E-state index contributed by atoms with van der Waals surface area (Å²) in [5.41, 5.74) is 1.72. The molecular weight excluding hydrogens is 472 g/mol. The highest BCUT2D eigenvalue weighted by atomic mass is 16.6. The standard InChI is InChI=1S/C28H20N4O5/c29-18-21-17-24(32(35)36)13-16-26(21)37-25-14-11-20(12-15-25)19-30-31-27(33)28(34,22-7-3-1-4-8-22)23-9-5-2-6-10-23/h1-17,19,34H,(H,31,33)/b30-19+. The Morgan fingerprint density at radius 3 is 2.11 bits per heavy atom. The molecule has 0 saturated heterocycles. The van der Waals surface area contributed by atoms with Gasteiger partial charge in [0, 0.05) is 12.1 Å². The molecule has 0 spiro atoms. The maximum Gasteiger partial charge on any atom is 0.281 e. The minimum atomic E-state index is -1.94. The number of hydrogen-bond donors (Lipinski definition) is 2. The number of hydrazone groups is 1. The molecule has 0 saturated carbocycles. The number of benzene rings is 4. The molecule has 2 N–H and O–H groups in total. The third-order valence-corrected chi connectivity index (χ3v) is 5.49. The van der Waals surface area contributed by atoms with Crippen LogP contribution in [0.15, 0.2) is 108 Å². The van der Waals surface area contributed by atoms with E-state index in [0.29, 0.717) is 22.4 Å². The van der Waals surface area contributed by atoms with Gasteiger partial charge in [-0.05, 0) is 47.0 Å². The minimum absolute atomic E-state index is 0.0341. The molecule has 0 atom stereocenters. The second-order valence-electron chi connectivity index (χ2n) is 7.86. The quantitative estimate of drug-likeness (QED) is 0.209. The number of nitriles is 1. The predicted molar refractivity (Wildman–Crippen MR) is 136 cm³/mol. The van der Waals surface area contributed by atoms with Gasteiger partial charge in [-0.1, -0.05) is 60.7 Å². The van der Waals surface area contributed by atoms with Crippen LogP contribution in [0.1, 0.15) is 22.3 Å². The number of nitrogens with zero attached hydrogens (tertiary/aromatic N) is 3. The molecule has 0 aliphatic carbocycles. The summed E-state index contributed by atoms with van der Waals surface area (Å²) < 4.78 is 5.68. The van der Waals surface area contributed by atoms with Crippen molar-refractivity contribution in [2.24, 2.45) is 5.10 Å². The van der Waals surface area contributed by atoms with Gasteiger partial charge in [0.05, 0.1) is 11.1 Å². The number of non-ortho nitro benzene ring substituents is 1. The van der Waals surface area contributed by atoms with Crippen LogP contribution in [0.2, 0.25) is 0 Å². The average molecular weight is 492 g/mol. The van der Waals surface area contributed by atoms with Crippen molar-refractivity contribution >= 4 is 17.8 Å². The number of carbonyl (C=O) groups excluding carboxylic acids is 1. The molecule has 0 heterocycles. The zero-order valence-corrected chi connectivity index (χ0v) is 19.3. The monoisotopic (exact) mass is 492 g/mol. The summed E-state index contributed by atoms with van der Waals surface area (Å²) in [5, 5.41) is 35.6. The lowest BCUT2D eigenvalue weighted by Gasteiger charge is -2.27. The van der Waals surface area contributed by atoms with E-state index in [4.69, 9.17) is 4.74 Å². The SMILES string of the molecule is N#Cc1cc([N+](=O)[O-])ccc1Oc1ccc(/C=N/NC(=O)C(O)(c2ccccc2)c2ccccc2)cc1. The number of ether oxygens (including phenoxy) is 1. The largest absolute Gasteiger partial charge is 0.456 e. The number of amides is 1. The minimum Gasteiger partial charge on any atom is -0.456 e. The van der Waals surface area contributed by atoms with Crippen LogP contribution >= 0.6 is 0 Å². The number of carbonyl (C=O) groups is 1. The molecule has 0 fully saturated rings. The van der Waals surface area contributed by atoms with Crippen LogP contribution in [0.5, 0.6) is 11.5 Å². The van der Waals surface area contributed by atoms with Gasteiger partial charge in [0.2, 0.25) is 0 Å². The van der Waals surface area contributed by atoms with Gasteiger partial charge < -0.3 is 9.84 Å². The smallest absolute Gasteiger partial charge is 0.281 e. The Balaban J connectivity index is 1.47. The number of rotatable bonds is 8. The second-order valence-corrected chi connectivity index (χ2v) is 7.86. The Bertz CT molecular complexity index is 1440. The maximum absolute atomic E-state index is 13.1. The fourth-order valence-corrected chi connectivity index (χ4v) is 3.59. The van der Waals surface area contributed by atoms with E-state index in [1.807, 2.05) is 6.07 Å². The fourth-order valence-electron chi connectivity index (χ4n) is 3.59. The average Bonchev–Trinajstić information content (AvgIpc) is 2.94. The third-order valence-electron chi connectivity index (χ3n) is 5.49. The van der Waals surface area contributed by atoms with Crippen LogP contribution in [0.4, 0.5) is 5.69 Å². The van der Waals surface area contributed by atoms with Gasteiger partial charge in [-0.25, -0.2) is 5.43 Å². The molecule has 0 bridgehead atoms. The number of hydrogen-bond acceptors (Lipinski definition) is 7. The van der Waals surface area contributed by atoms with E-state index in [9.17, 15) is 25.3 Å². The van der Waals surface area contributed by atoms with Gasteiger partial charge in [0.15, 0.2) is 5.60 Å². The van der Waals surface area contributed by atoms with E-state index >= 15 is 0 Å². The molecule has 9 heteroatoms. The molecule has 4 aromatic carbocycles. The van der Waals surface area contributed by atoms with E-state index in [0.717, 1.165) is 6.07 Å². The van der Waals surface area contributed by atoms with Crippen LogP contribution in [0, 0.1) is 21.4 Å². The molecule has 0 radical (unpaired) electrons. The van der Waals surface area contributed by atoms with Gasteiger partial charge >= 0.3 is 0 Å². The van der Waals surface area contributed by atoms with Crippen LogP contribution in [-0.2, 0) is 10.4 Å². The molecule has 1 amide bonds. The Hall–Kier alpha value is -5.33. The highest BCUT2D eigenvalue weighted by Crippen LogP contribution is 2.30. The summed E-state index contributed by atoms with van der Waals surface area (Å²) in [4.78, 5) is 23.4. The van der Waals surface area contributed by atoms with Crippen molar-refractivity contribution in [3.8, 4) is 17.6 Å². The normalized spacial score (nSPS) is 11.0. The zero-order valence-electron chi connectivity index (χ0n) is 19.3. The lowest BCUT2D eigenvalue weighted by molar-refractivity contribution is -0.384. The van der Waals surface area contributed by atoms with Gasteiger partial charge in [0.25, 0.3) is 11.6 Å². The molecule has 0 aliphatic rings. The van der Waals surface area contributed by atoms with E-state index in [1.165, 1.54) is 18.3 Å². The first kappa shape index (κ1) is 24.8. The first-order valence-corrected chi connectivity index (χ1v) is 11.0. The van der Waals surface area contributed by atoms with Crippen molar-refractivity contribution in [2.45, 2.75) is 5.60 Å². The number of nitro benzene ring substituents is 1. The van der Waals surface area contributed by atoms with Crippen LogP contribution in [0.25, 0.3) is 0 Å². The summed E-state index contributed by atoms with van der Waals surface area (Å²) in [5.74, 6) is -0.139. The lowest BCUT2D eigenvalue weighted by atomic mass is 9.85. The maximum atomic E-state index is 13.1. The molecule has 182 valence electrons. The summed E-state index contributed by atoms with van der Waals surface area (Å²) in [7, 11) is 0. The van der Waals surface area contributed by atoms with E-state index in [2.05, 4.69) is 10.5 Å². The van der Waals surface area contributed by atoms with Crippen molar-refractivity contribution in [3.05, 3.63) is 135 Å². The number of nitrogens with one attached hydrogen (secondary N) is 1. The molecule has 37 heavy (non-hydrogen) atoms. The number of nitro groups is 1. The van der Waals surface area contributed by atoms with Crippen LogP contribution < -0.4 is 10.2 Å². The van der Waals surface area contributed by atoms with Crippen molar-refractivity contribution in [1.29, 1.82) is 5.26 Å². The zero-order chi connectivity index (χ0) is 26.3. The number of aliphatic hydroxyl groups is 1. The van der Waals surface area contributed by atoms with Gasteiger partial charge in [0.1, 0.15) is 23.1 Å². The summed E-state index contributed by atoms with van der Waals surface area (Å²) in [6, 6.07) is 29.4. The summed E-state index contributed by atoms with van der Waals surface area (Å²) in [6.45, 7) is 0. The Labute approximate surface area is 212 Å². The molecule has 4 rings (SSSR count). The Kier molecular flexibility index (Phi) is 7.33. The summed E-state index contributed by atoms with van der Waals surface area (Å²) >= 11 is 0. The van der Waals surface area contributed by atoms with Gasteiger partial charge in [-0.2, -0.15) is 10.4 Å². The highest BCUT2D eigenvalue weighted by Gasteiger charge is 2.39. The van der Waals surface area contributed by atoms with E-state index in [-0.39, 0.29) is 17.0 Å². The predicted octanol–water partition coefficient (Wildman–Crippen LogP) is 4.64. The molecular formula is C28H20N4O5. The van der Waals surface area contributed by atoms with Gasteiger partial charge in [-0.3, -0.25) is 14.9 Å². The Morgan fingerprint density at radius 1 is 0.973 bits per heavy atom. The first-order valence-electron chi connectivity index (χ1n) is 11.0. The third kappa shape index (κ3) is 5.51.